The molecule has 0 atom stereocenters. The van der Waals surface area contributed by atoms with E-state index in [4.69, 9.17) is 16.4 Å². The number of benzene rings is 1. The van der Waals surface area contributed by atoms with Crippen LogP contribution in [0.2, 0.25) is 5.02 Å². The van der Waals surface area contributed by atoms with Crippen LogP contribution in [0.1, 0.15) is 18.1 Å². The maximum absolute atomic E-state index is 12.4. The van der Waals surface area contributed by atoms with Crippen molar-refractivity contribution in [1.29, 1.82) is 0 Å². The number of hydrogen-bond acceptors (Lipinski definition) is 5. The van der Waals surface area contributed by atoms with Gasteiger partial charge in [-0.05, 0) is 19.1 Å². The zero-order valence-electron chi connectivity index (χ0n) is 12.9. The summed E-state index contributed by atoms with van der Waals surface area (Å²) in [6, 6.07) is 6.54. The Morgan fingerprint density at radius 3 is 2.39 bits per heavy atom. The number of aromatic nitrogens is 2. The topological polar surface area (TPSA) is 85.8 Å². The van der Waals surface area contributed by atoms with Crippen molar-refractivity contribution in [2.24, 2.45) is 19.3 Å². The fraction of sp³-hybridized carbons (Fsp3) is 0.267. The summed E-state index contributed by atoms with van der Waals surface area (Å²) >= 11 is 5.87. The number of aromatic hydroxyl groups is 1. The first-order valence-corrected chi connectivity index (χ1v) is 7.21. The first kappa shape index (κ1) is 16.8. The largest absolute Gasteiger partial charge is 0.494 e. The van der Waals surface area contributed by atoms with E-state index in [0.29, 0.717) is 10.6 Å². The van der Waals surface area contributed by atoms with Gasteiger partial charge in [0.15, 0.2) is 0 Å². The standard InChI is InChI=1S/C15H16ClN3O4/c1-4-23-17-12(9-5-7-10(16)8-6-9)11-13(20)18(2)15(22)19(3)14(11)21/h5-8,20H,4H2,1-3H3. The van der Waals surface area contributed by atoms with E-state index in [9.17, 15) is 14.7 Å². The van der Waals surface area contributed by atoms with Gasteiger partial charge in [-0.3, -0.25) is 13.9 Å². The molecular weight excluding hydrogens is 322 g/mol. The van der Waals surface area contributed by atoms with Crippen molar-refractivity contribution >= 4 is 17.3 Å². The van der Waals surface area contributed by atoms with Crippen LogP contribution in [0.15, 0.2) is 39.0 Å². The van der Waals surface area contributed by atoms with Crippen LogP contribution >= 0.6 is 11.6 Å². The molecule has 2 rings (SSSR count). The molecule has 122 valence electrons. The monoisotopic (exact) mass is 337 g/mol. The SMILES string of the molecule is CCON=C(c1ccc(Cl)cc1)c1c(O)n(C)c(=O)n(C)c1=O. The summed E-state index contributed by atoms with van der Waals surface area (Å²) < 4.78 is 1.86. The van der Waals surface area contributed by atoms with Gasteiger partial charge < -0.3 is 9.94 Å². The fourth-order valence-electron chi connectivity index (χ4n) is 2.02. The number of halogens is 1. The molecule has 0 unspecified atom stereocenters. The lowest BCUT2D eigenvalue weighted by molar-refractivity contribution is 0.159. The minimum atomic E-state index is -0.668. The molecule has 0 radical (unpaired) electrons. The molecular formula is C15H16ClN3O4. The van der Waals surface area contributed by atoms with Gasteiger partial charge in [-0.25, -0.2) is 4.79 Å². The highest BCUT2D eigenvalue weighted by molar-refractivity contribution is 6.30. The second kappa shape index (κ2) is 6.70. The third-order valence-electron chi connectivity index (χ3n) is 3.27. The Hall–Kier alpha value is -2.54. The molecule has 0 aliphatic carbocycles. The summed E-state index contributed by atoms with van der Waals surface area (Å²) in [5.41, 5.74) is -0.779. The van der Waals surface area contributed by atoms with Gasteiger partial charge in [-0.1, -0.05) is 28.9 Å². The number of oxime groups is 1. The van der Waals surface area contributed by atoms with Crippen LogP contribution in [0.4, 0.5) is 0 Å². The molecule has 2 aromatic rings. The van der Waals surface area contributed by atoms with Crippen molar-refractivity contribution in [3.63, 3.8) is 0 Å². The summed E-state index contributed by atoms with van der Waals surface area (Å²) in [7, 11) is 2.69. The lowest BCUT2D eigenvalue weighted by Crippen LogP contribution is -2.40. The lowest BCUT2D eigenvalue weighted by Gasteiger charge is -2.12. The van der Waals surface area contributed by atoms with Crippen LogP contribution in [0.25, 0.3) is 0 Å². The molecule has 0 aliphatic rings. The molecule has 0 amide bonds. The predicted molar refractivity (Wildman–Crippen MR) is 87.3 cm³/mol. The molecule has 0 fully saturated rings. The number of hydrogen-bond donors (Lipinski definition) is 1. The maximum Gasteiger partial charge on any atom is 0.333 e. The molecule has 8 heteroatoms. The Bertz CT molecular complexity index is 866. The summed E-state index contributed by atoms with van der Waals surface area (Å²) in [5, 5.41) is 14.7. The van der Waals surface area contributed by atoms with Gasteiger partial charge in [0.1, 0.15) is 17.9 Å². The van der Waals surface area contributed by atoms with Crippen molar-refractivity contribution in [1.82, 2.24) is 9.13 Å². The molecule has 1 aromatic heterocycles. The second-order valence-corrected chi connectivity index (χ2v) is 5.21. The highest BCUT2D eigenvalue weighted by Gasteiger charge is 2.22. The molecule has 7 nitrogen and oxygen atoms in total. The summed E-state index contributed by atoms with van der Waals surface area (Å²) in [6.07, 6.45) is 0. The van der Waals surface area contributed by atoms with E-state index in [1.807, 2.05) is 0 Å². The van der Waals surface area contributed by atoms with Crippen molar-refractivity contribution in [3.8, 4) is 5.88 Å². The quantitative estimate of drug-likeness (QED) is 0.671. The zero-order chi connectivity index (χ0) is 17.1. The van der Waals surface area contributed by atoms with Crippen molar-refractivity contribution in [2.75, 3.05) is 6.61 Å². The Balaban J connectivity index is 2.79. The van der Waals surface area contributed by atoms with E-state index >= 15 is 0 Å². The molecule has 0 aliphatic heterocycles. The molecule has 0 spiro atoms. The van der Waals surface area contributed by atoms with Crippen LogP contribution in [0, 0.1) is 0 Å². The summed E-state index contributed by atoms with van der Waals surface area (Å²) in [6.45, 7) is 2.02. The third kappa shape index (κ3) is 3.14. The smallest absolute Gasteiger partial charge is 0.333 e. The normalized spacial score (nSPS) is 11.6. The molecule has 1 N–H and O–H groups in total. The summed E-state index contributed by atoms with van der Waals surface area (Å²) in [4.78, 5) is 29.4. The minimum Gasteiger partial charge on any atom is -0.494 e. The molecule has 23 heavy (non-hydrogen) atoms. The van der Waals surface area contributed by atoms with E-state index in [2.05, 4.69) is 5.16 Å². The van der Waals surface area contributed by atoms with Gasteiger partial charge in [0.2, 0.25) is 5.88 Å². The van der Waals surface area contributed by atoms with Gasteiger partial charge in [0.25, 0.3) is 5.56 Å². The van der Waals surface area contributed by atoms with E-state index in [1.54, 1.807) is 31.2 Å². The van der Waals surface area contributed by atoms with Crippen LogP contribution in [-0.2, 0) is 18.9 Å². The van der Waals surface area contributed by atoms with Crippen molar-refractivity contribution < 1.29 is 9.94 Å². The van der Waals surface area contributed by atoms with Gasteiger partial charge in [0.05, 0.1) is 0 Å². The van der Waals surface area contributed by atoms with Crippen LogP contribution < -0.4 is 11.2 Å². The second-order valence-electron chi connectivity index (χ2n) is 4.77. The van der Waals surface area contributed by atoms with Gasteiger partial charge >= 0.3 is 5.69 Å². The Morgan fingerprint density at radius 2 is 1.83 bits per heavy atom. The van der Waals surface area contributed by atoms with Crippen LogP contribution in [-0.4, -0.2) is 26.6 Å². The first-order chi connectivity index (χ1) is 10.9. The Kier molecular flexibility index (Phi) is 4.90. The van der Waals surface area contributed by atoms with Gasteiger partial charge in [-0.15, -0.1) is 0 Å². The van der Waals surface area contributed by atoms with Crippen molar-refractivity contribution in [3.05, 3.63) is 61.3 Å². The number of nitrogens with zero attached hydrogens (tertiary/aromatic N) is 3. The lowest BCUT2D eigenvalue weighted by atomic mass is 10.0. The average Bonchev–Trinajstić information content (AvgIpc) is 2.55. The molecule has 1 aromatic carbocycles. The third-order valence-corrected chi connectivity index (χ3v) is 3.53. The fourth-order valence-corrected chi connectivity index (χ4v) is 2.15. The van der Waals surface area contributed by atoms with Crippen molar-refractivity contribution in [2.45, 2.75) is 6.92 Å². The molecule has 1 heterocycles. The molecule has 0 saturated heterocycles. The van der Waals surface area contributed by atoms with E-state index < -0.39 is 17.1 Å². The highest BCUT2D eigenvalue weighted by atomic mass is 35.5. The highest BCUT2D eigenvalue weighted by Crippen LogP contribution is 2.18. The first-order valence-electron chi connectivity index (χ1n) is 6.83. The average molecular weight is 338 g/mol. The molecule has 0 bridgehead atoms. The Morgan fingerprint density at radius 1 is 1.22 bits per heavy atom. The Labute approximate surface area is 137 Å². The predicted octanol–water partition coefficient (Wildman–Crippen LogP) is 1.23. The van der Waals surface area contributed by atoms with Gasteiger partial charge in [-0.2, -0.15) is 0 Å². The van der Waals surface area contributed by atoms with E-state index in [0.717, 1.165) is 9.13 Å². The minimum absolute atomic E-state index is 0.120. The van der Waals surface area contributed by atoms with Gasteiger partial charge in [0, 0.05) is 24.7 Å². The zero-order valence-corrected chi connectivity index (χ0v) is 13.7. The number of rotatable bonds is 4. The van der Waals surface area contributed by atoms with Crippen LogP contribution in [0.3, 0.4) is 0 Å². The molecule has 0 saturated carbocycles. The summed E-state index contributed by atoms with van der Waals surface area (Å²) in [5.74, 6) is -0.480. The van der Waals surface area contributed by atoms with Crippen LogP contribution in [0.5, 0.6) is 5.88 Å². The van der Waals surface area contributed by atoms with E-state index in [-0.39, 0.29) is 17.9 Å². The van der Waals surface area contributed by atoms with E-state index in [1.165, 1.54) is 14.1 Å². The maximum atomic E-state index is 12.4.